The standard InChI is InChI=1S/C6H10N2O/c1-8-6(4-7)2-3-9-5-6/h8H,2-3,5H2,1H3/t6-/m1/s1. The Morgan fingerprint density at radius 3 is 2.78 bits per heavy atom. The van der Waals surface area contributed by atoms with Crippen molar-refractivity contribution in [2.75, 3.05) is 20.3 Å². The number of nitrogens with zero attached hydrogens (tertiary/aromatic N) is 1. The second-order valence-electron chi connectivity index (χ2n) is 2.25. The van der Waals surface area contributed by atoms with Crippen LogP contribution in [-0.2, 0) is 4.74 Å². The highest BCUT2D eigenvalue weighted by molar-refractivity contribution is 5.08. The van der Waals surface area contributed by atoms with E-state index in [9.17, 15) is 0 Å². The van der Waals surface area contributed by atoms with Crippen LogP contribution in [0.5, 0.6) is 0 Å². The first-order valence-electron chi connectivity index (χ1n) is 3.01. The fourth-order valence-electron chi connectivity index (χ4n) is 0.906. The van der Waals surface area contributed by atoms with Gasteiger partial charge in [-0.3, -0.25) is 0 Å². The first kappa shape index (κ1) is 6.53. The minimum Gasteiger partial charge on any atom is -0.378 e. The Hall–Kier alpha value is -0.590. The first-order valence-corrected chi connectivity index (χ1v) is 3.01. The molecule has 1 N–H and O–H groups in total. The molecule has 0 aliphatic carbocycles. The zero-order valence-electron chi connectivity index (χ0n) is 5.48. The number of nitriles is 1. The zero-order chi connectivity index (χ0) is 6.74. The van der Waals surface area contributed by atoms with Gasteiger partial charge >= 0.3 is 0 Å². The van der Waals surface area contributed by atoms with E-state index >= 15 is 0 Å². The third kappa shape index (κ3) is 1.04. The lowest BCUT2D eigenvalue weighted by Gasteiger charge is -2.15. The molecule has 0 aromatic rings. The Morgan fingerprint density at radius 2 is 2.56 bits per heavy atom. The van der Waals surface area contributed by atoms with Crippen LogP contribution in [0.4, 0.5) is 0 Å². The van der Waals surface area contributed by atoms with Crippen LogP contribution in [0.15, 0.2) is 0 Å². The molecule has 0 saturated carbocycles. The van der Waals surface area contributed by atoms with Crippen LogP contribution in [0.25, 0.3) is 0 Å². The minimum absolute atomic E-state index is 0.389. The van der Waals surface area contributed by atoms with Gasteiger partial charge in [0.1, 0.15) is 5.54 Å². The van der Waals surface area contributed by atoms with E-state index in [-0.39, 0.29) is 5.54 Å². The van der Waals surface area contributed by atoms with E-state index in [1.54, 1.807) is 7.05 Å². The Balaban J connectivity index is 2.59. The lowest BCUT2D eigenvalue weighted by molar-refractivity contribution is 0.182. The average Bonchev–Trinajstić information content (AvgIpc) is 2.36. The summed E-state index contributed by atoms with van der Waals surface area (Å²) in [5.41, 5.74) is -0.389. The SMILES string of the molecule is CN[C@@]1(C#N)CCOC1. The molecule has 0 radical (unpaired) electrons. The van der Waals surface area contributed by atoms with Crippen molar-refractivity contribution in [2.45, 2.75) is 12.0 Å². The Kier molecular flexibility index (Phi) is 1.70. The van der Waals surface area contributed by atoms with Crippen molar-refractivity contribution < 1.29 is 4.74 Å². The van der Waals surface area contributed by atoms with Crippen LogP contribution in [0, 0.1) is 11.3 Å². The molecule has 0 amide bonds. The monoisotopic (exact) mass is 126 g/mol. The van der Waals surface area contributed by atoms with Gasteiger partial charge in [-0.25, -0.2) is 0 Å². The number of hydrogen-bond donors (Lipinski definition) is 1. The molecule has 3 nitrogen and oxygen atoms in total. The number of hydrogen-bond acceptors (Lipinski definition) is 3. The lowest BCUT2D eigenvalue weighted by Crippen LogP contribution is -2.41. The van der Waals surface area contributed by atoms with Gasteiger partial charge in [0.05, 0.1) is 12.7 Å². The van der Waals surface area contributed by atoms with Crippen LogP contribution in [0.3, 0.4) is 0 Å². The summed E-state index contributed by atoms with van der Waals surface area (Å²) in [5, 5.41) is 11.6. The highest BCUT2D eigenvalue weighted by Crippen LogP contribution is 2.15. The van der Waals surface area contributed by atoms with Crippen molar-refractivity contribution in [3.63, 3.8) is 0 Å². The molecule has 0 bridgehead atoms. The van der Waals surface area contributed by atoms with E-state index in [0.29, 0.717) is 13.2 Å². The number of rotatable bonds is 1. The van der Waals surface area contributed by atoms with E-state index in [1.165, 1.54) is 0 Å². The molecule has 3 heteroatoms. The molecule has 1 rings (SSSR count). The summed E-state index contributed by atoms with van der Waals surface area (Å²) < 4.78 is 5.06. The largest absolute Gasteiger partial charge is 0.378 e. The van der Waals surface area contributed by atoms with Crippen LogP contribution in [0.2, 0.25) is 0 Å². The zero-order valence-corrected chi connectivity index (χ0v) is 5.48. The quantitative estimate of drug-likeness (QED) is 0.533. The van der Waals surface area contributed by atoms with Crippen molar-refractivity contribution in [1.29, 1.82) is 5.26 Å². The Labute approximate surface area is 54.6 Å². The van der Waals surface area contributed by atoms with Gasteiger partial charge in [-0.05, 0) is 7.05 Å². The van der Waals surface area contributed by atoms with E-state index in [0.717, 1.165) is 6.42 Å². The van der Waals surface area contributed by atoms with Crippen LogP contribution < -0.4 is 5.32 Å². The molecule has 50 valence electrons. The number of nitrogens with one attached hydrogen (secondary N) is 1. The first-order chi connectivity index (χ1) is 4.33. The molecule has 1 aliphatic heterocycles. The maximum absolute atomic E-state index is 8.62. The predicted molar refractivity (Wildman–Crippen MR) is 32.8 cm³/mol. The summed E-state index contributed by atoms with van der Waals surface area (Å²) in [4.78, 5) is 0. The highest BCUT2D eigenvalue weighted by Gasteiger charge is 2.32. The third-order valence-electron chi connectivity index (χ3n) is 1.71. The van der Waals surface area contributed by atoms with Gasteiger partial charge < -0.3 is 10.1 Å². The Morgan fingerprint density at radius 1 is 1.78 bits per heavy atom. The van der Waals surface area contributed by atoms with Gasteiger partial charge in [-0.2, -0.15) is 5.26 Å². The molecule has 1 heterocycles. The van der Waals surface area contributed by atoms with E-state index in [2.05, 4.69) is 11.4 Å². The molecule has 0 unspecified atom stereocenters. The normalized spacial score (nSPS) is 34.2. The molecule has 1 saturated heterocycles. The van der Waals surface area contributed by atoms with Crippen molar-refractivity contribution >= 4 is 0 Å². The van der Waals surface area contributed by atoms with Crippen LogP contribution in [-0.4, -0.2) is 25.8 Å². The smallest absolute Gasteiger partial charge is 0.132 e. The van der Waals surface area contributed by atoms with E-state index in [4.69, 9.17) is 10.00 Å². The molecule has 9 heavy (non-hydrogen) atoms. The lowest BCUT2D eigenvalue weighted by atomic mass is 10.0. The highest BCUT2D eigenvalue weighted by atomic mass is 16.5. The van der Waals surface area contributed by atoms with Gasteiger partial charge in [-0.15, -0.1) is 0 Å². The van der Waals surface area contributed by atoms with Crippen LogP contribution >= 0.6 is 0 Å². The topological polar surface area (TPSA) is 45.0 Å². The van der Waals surface area contributed by atoms with Crippen molar-refractivity contribution in [2.24, 2.45) is 0 Å². The maximum Gasteiger partial charge on any atom is 0.132 e. The van der Waals surface area contributed by atoms with Crippen molar-refractivity contribution in [1.82, 2.24) is 5.32 Å². The van der Waals surface area contributed by atoms with E-state index < -0.39 is 0 Å². The molecular formula is C6H10N2O. The molecule has 0 spiro atoms. The van der Waals surface area contributed by atoms with Gasteiger partial charge in [0.25, 0.3) is 0 Å². The summed E-state index contributed by atoms with van der Waals surface area (Å²) in [5.74, 6) is 0. The van der Waals surface area contributed by atoms with Crippen molar-refractivity contribution in [3.05, 3.63) is 0 Å². The summed E-state index contributed by atoms with van der Waals surface area (Å²) in [6, 6.07) is 2.19. The number of ether oxygens (including phenoxy) is 1. The third-order valence-corrected chi connectivity index (χ3v) is 1.71. The van der Waals surface area contributed by atoms with Crippen molar-refractivity contribution in [3.8, 4) is 6.07 Å². The maximum atomic E-state index is 8.62. The summed E-state index contributed by atoms with van der Waals surface area (Å²) in [6.07, 6.45) is 0.806. The predicted octanol–water partition coefficient (Wildman–Crippen LogP) is -0.112. The molecule has 1 aliphatic rings. The average molecular weight is 126 g/mol. The molecule has 0 aromatic carbocycles. The molecule has 1 atom stereocenters. The Bertz CT molecular complexity index is 132. The molecule has 1 fully saturated rings. The van der Waals surface area contributed by atoms with Gasteiger partial charge in [-0.1, -0.05) is 0 Å². The van der Waals surface area contributed by atoms with E-state index in [1.807, 2.05) is 0 Å². The molecule has 0 aromatic heterocycles. The fraction of sp³-hybridized carbons (Fsp3) is 0.833. The van der Waals surface area contributed by atoms with Gasteiger partial charge in [0, 0.05) is 13.0 Å². The fourth-order valence-corrected chi connectivity index (χ4v) is 0.906. The summed E-state index contributed by atoms with van der Waals surface area (Å²) in [7, 11) is 1.79. The van der Waals surface area contributed by atoms with Gasteiger partial charge in [0.15, 0.2) is 0 Å². The second-order valence-corrected chi connectivity index (χ2v) is 2.25. The van der Waals surface area contributed by atoms with Crippen LogP contribution in [0.1, 0.15) is 6.42 Å². The minimum atomic E-state index is -0.389. The summed E-state index contributed by atoms with van der Waals surface area (Å²) in [6.45, 7) is 1.23. The summed E-state index contributed by atoms with van der Waals surface area (Å²) >= 11 is 0. The molecular weight excluding hydrogens is 116 g/mol. The van der Waals surface area contributed by atoms with Gasteiger partial charge in [0.2, 0.25) is 0 Å². The number of likely N-dealkylation sites (N-methyl/N-ethyl adjacent to an activating group) is 1. The second kappa shape index (κ2) is 2.34.